The molecular formula is C14H20O3. The molecule has 0 fully saturated rings. The van der Waals surface area contributed by atoms with Crippen LogP contribution in [-0.2, 0) is 4.74 Å². The van der Waals surface area contributed by atoms with E-state index in [0.717, 1.165) is 11.3 Å². The summed E-state index contributed by atoms with van der Waals surface area (Å²) in [6.45, 7) is 7.90. The molecule has 0 spiro atoms. The molecule has 94 valence electrons. The third-order valence-electron chi connectivity index (χ3n) is 2.73. The van der Waals surface area contributed by atoms with Crippen LogP contribution in [-0.4, -0.2) is 25.1 Å². The Morgan fingerprint density at radius 3 is 2.47 bits per heavy atom. The normalized spacial score (nSPS) is 11.4. The van der Waals surface area contributed by atoms with Crippen molar-refractivity contribution in [3.63, 3.8) is 0 Å². The largest absolute Gasteiger partial charge is 0.497 e. The molecule has 0 heterocycles. The number of carbonyl (C=O) groups excluding carboxylic acids is 1. The first kappa shape index (κ1) is 13.7. The monoisotopic (exact) mass is 236 g/mol. The molecule has 0 bridgehead atoms. The smallest absolute Gasteiger partial charge is 0.194 e. The van der Waals surface area contributed by atoms with Crippen LogP contribution >= 0.6 is 0 Å². The average molecular weight is 236 g/mol. The summed E-state index contributed by atoms with van der Waals surface area (Å²) in [5.41, 5.74) is 0.806. The van der Waals surface area contributed by atoms with Crippen LogP contribution < -0.4 is 4.74 Å². The van der Waals surface area contributed by atoms with Gasteiger partial charge >= 0.3 is 0 Å². The number of aryl methyl sites for hydroxylation is 1. The molecule has 0 aliphatic carbocycles. The molecule has 3 heteroatoms. The summed E-state index contributed by atoms with van der Waals surface area (Å²) in [6.07, 6.45) is 0. The number of carbonyl (C=O) groups is 1. The highest BCUT2D eigenvalue weighted by molar-refractivity contribution is 6.03. The fourth-order valence-corrected chi connectivity index (χ4v) is 1.77. The molecule has 0 saturated heterocycles. The summed E-state index contributed by atoms with van der Waals surface area (Å²) >= 11 is 0. The fraction of sp³-hybridized carbons (Fsp3) is 0.500. The molecule has 0 atom stereocenters. The minimum Gasteiger partial charge on any atom is -0.497 e. The van der Waals surface area contributed by atoms with Crippen LogP contribution in [0.3, 0.4) is 0 Å². The summed E-state index contributed by atoms with van der Waals surface area (Å²) in [4.78, 5) is 12.3. The molecule has 0 N–H and O–H groups in total. The number of hydrogen-bond acceptors (Lipinski definition) is 3. The number of ether oxygens (including phenoxy) is 2. The van der Waals surface area contributed by atoms with Crippen molar-refractivity contribution >= 4 is 5.78 Å². The molecule has 0 aliphatic rings. The zero-order valence-corrected chi connectivity index (χ0v) is 11.2. The summed E-state index contributed by atoms with van der Waals surface area (Å²) in [6, 6.07) is 5.44. The molecule has 0 saturated carbocycles. The summed E-state index contributed by atoms with van der Waals surface area (Å²) < 4.78 is 10.6. The van der Waals surface area contributed by atoms with Crippen molar-refractivity contribution in [3.05, 3.63) is 29.3 Å². The molecule has 1 aromatic carbocycles. The third kappa shape index (κ3) is 3.07. The zero-order valence-electron chi connectivity index (χ0n) is 11.2. The van der Waals surface area contributed by atoms with Crippen LogP contribution in [0.25, 0.3) is 0 Å². The molecule has 0 aliphatic heterocycles. The standard InChI is InChI=1S/C14H20O3/c1-6-17-14(3,4)13(15)12-8-7-11(16-5)9-10(12)2/h7-9H,6H2,1-5H3. The van der Waals surface area contributed by atoms with E-state index in [1.807, 2.05) is 19.9 Å². The van der Waals surface area contributed by atoms with Crippen molar-refractivity contribution in [2.75, 3.05) is 13.7 Å². The first-order valence-electron chi connectivity index (χ1n) is 5.75. The van der Waals surface area contributed by atoms with E-state index >= 15 is 0 Å². The summed E-state index contributed by atoms with van der Waals surface area (Å²) in [5, 5.41) is 0. The highest BCUT2D eigenvalue weighted by Crippen LogP contribution is 2.23. The second-order valence-corrected chi connectivity index (χ2v) is 4.45. The number of hydrogen-bond donors (Lipinski definition) is 0. The molecule has 0 unspecified atom stereocenters. The molecule has 0 amide bonds. The lowest BCUT2D eigenvalue weighted by atomic mass is 9.93. The van der Waals surface area contributed by atoms with E-state index < -0.39 is 5.60 Å². The summed E-state index contributed by atoms with van der Waals surface area (Å²) in [7, 11) is 1.61. The highest BCUT2D eigenvalue weighted by Gasteiger charge is 2.29. The maximum atomic E-state index is 12.3. The van der Waals surface area contributed by atoms with Gasteiger partial charge in [0.05, 0.1) is 7.11 Å². The summed E-state index contributed by atoms with van der Waals surface area (Å²) in [5.74, 6) is 0.757. The van der Waals surface area contributed by atoms with Crippen molar-refractivity contribution in [2.24, 2.45) is 0 Å². The second kappa shape index (κ2) is 5.32. The lowest BCUT2D eigenvalue weighted by Crippen LogP contribution is -2.35. The Morgan fingerprint density at radius 2 is 2.00 bits per heavy atom. The van der Waals surface area contributed by atoms with Gasteiger partial charge in [0.1, 0.15) is 11.4 Å². The Labute approximate surface area is 103 Å². The van der Waals surface area contributed by atoms with Crippen LogP contribution in [0.1, 0.15) is 36.7 Å². The van der Waals surface area contributed by atoms with E-state index in [1.165, 1.54) is 0 Å². The van der Waals surface area contributed by atoms with Gasteiger partial charge in [-0.2, -0.15) is 0 Å². The van der Waals surface area contributed by atoms with E-state index in [1.54, 1.807) is 33.1 Å². The number of ketones is 1. The third-order valence-corrected chi connectivity index (χ3v) is 2.73. The Kier molecular flexibility index (Phi) is 4.29. The maximum absolute atomic E-state index is 12.3. The Balaban J connectivity index is 3.04. The predicted molar refractivity (Wildman–Crippen MR) is 67.8 cm³/mol. The molecule has 0 radical (unpaired) electrons. The number of benzene rings is 1. The molecule has 3 nitrogen and oxygen atoms in total. The maximum Gasteiger partial charge on any atom is 0.194 e. The van der Waals surface area contributed by atoms with Gasteiger partial charge in [-0.15, -0.1) is 0 Å². The van der Waals surface area contributed by atoms with Crippen LogP contribution in [0.5, 0.6) is 5.75 Å². The topological polar surface area (TPSA) is 35.5 Å². The van der Waals surface area contributed by atoms with Gasteiger partial charge in [-0.1, -0.05) is 0 Å². The number of Topliss-reactive ketones (excluding diaryl/α,β-unsaturated/α-hetero) is 1. The van der Waals surface area contributed by atoms with Gasteiger partial charge in [0, 0.05) is 12.2 Å². The Morgan fingerprint density at radius 1 is 1.35 bits per heavy atom. The highest BCUT2D eigenvalue weighted by atomic mass is 16.5. The number of rotatable bonds is 5. The lowest BCUT2D eigenvalue weighted by Gasteiger charge is -2.24. The van der Waals surface area contributed by atoms with E-state index in [2.05, 4.69) is 0 Å². The van der Waals surface area contributed by atoms with Crippen molar-refractivity contribution in [1.82, 2.24) is 0 Å². The van der Waals surface area contributed by atoms with Gasteiger partial charge < -0.3 is 9.47 Å². The van der Waals surface area contributed by atoms with Crippen molar-refractivity contribution in [2.45, 2.75) is 33.3 Å². The van der Waals surface area contributed by atoms with Gasteiger partial charge in [0.15, 0.2) is 5.78 Å². The number of methoxy groups -OCH3 is 1. The van der Waals surface area contributed by atoms with E-state index in [9.17, 15) is 4.79 Å². The van der Waals surface area contributed by atoms with Gasteiger partial charge in [0.25, 0.3) is 0 Å². The minimum absolute atomic E-state index is 0.000460. The molecule has 0 aromatic heterocycles. The first-order chi connectivity index (χ1) is 7.92. The van der Waals surface area contributed by atoms with Gasteiger partial charge in [0.2, 0.25) is 0 Å². The van der Waals surface area contributed by atoms with E-state index in [0.29, 0.717) is 12.2 Å². The Hall–Kier alpha value is -1.35. The SMILES string of the molecule is CCOC(C)(C)C(=O)c1ccc(OC)cc1C. The quantitative estimate of drug-likeness (QED) is 0.737. The second-order valence-electron chi connectivity index (χ2n) is 4.45. The van der Waals surface area contributed by atoms with E-state index in [4.69, 9.17) is 9.47 Å². The van der Waals surface area contributed by atoms with Crippen LogP contribution in [0.2, 0.25) is 0 Å². The van der Waals surface area contributed by atoms with Crippen molar-refractivity contribution in [3.8, 4) is 5.75 Å². The fourth-order valence-electron chi connectivity index (χ4n) is 1.77. The molecule has 17 heavy (non-hydrogen) atoms. The zero-order chi connectivity index (χ0) is 13.1. The lowest BCUT2D eigenvalue weighted by molar-refractivity contribution is 0.00120. The van der Waals surface area contributed by atoms with Gasteiger partial charge in [-0.05, 0) is 51.5 Å². The average Bonchev–Trinajstić information content (AvgIpc) is 2.28. The van der Waals surface area contributed by atoms with Crippen molar-refractivity contribution < 1.29 is 14.3 Å². The van der Waals surface area contributed by atoms with Gasteiger partial charge in [-0.3, -0.25) is 4.79 Å². The first-order valence-corrected chi connectivity index (χ1v) is 5.75. The predicted octanol–water partition coefficient (Wildman–Crippen LogP) is 3.00. The Bertz CT molecular complexity index is 408. The van der Waals surface area contributed by atoms with E-state index in [-0.39, 0.29) is 5.78 Å². The van der Waals surface area contributed by atoms with Crippen LogP contribution in [0.15, 0.2) is 18.2 Å². The molecule has 1 rings (SSSR count). The minimum atomic E-state index is -0.784. The van der Waals surface area contributed by atoms with Crippen LogP contribution in [0.4, 0.5) is 0 Å². The van der Waals surface area contributed by atoms with Crippen molar-refractivity contribution in [1.29, 1.82) is 0 Å². The van der Waals surface area contributed by atoms with Gasteiger partial charge in [-0.25, -0.2) is 0 Å². The molecule has 1 aromatic rings. The molecular weight excluding hydrogens is 216 g/mol. The van der Waals surface area contributed by atoms with Crippen LogP contribution in [0, 0.1) is 6.92 Å².